The average Bonchev–Trinajstić information content (AvgIpc) is 2.76. The molecule has 0 fully saturated rings. The lowest BCUT2D eigenvalue weighted by Crippen LogP contribution is -2.00. The number of thiazole rings is 1. The lowest BCUT2D eigenvalue weighted by molar-refractivity contribution is -0.136. The van der Waals surface area contributed by atoms with Gasteiger partial charge in [0.1, 0.15) is 5.75 Å². The summed E-state index contributed by atoms with van der Waals surface area (Å²) in [6.07, 6.45) is -0.0584. The maximum absolute atomic E-state index is 10.6. The molecule has 2 rings (SSSR count). The van der Waals surface area contributed by atoms with Crippen LogP contribution < -0.4 is 10.1 Å². The molecule has 0 radical (unpaired) electrons. The van der Waals surface area contributed by atoms with Crippen LogP contribution in [-0.2, 0) is 11.2 Å². The van der Waals surface area contributed by atoms with Crippen LogP contribution >= 0.6 is 11.3 Å². The molecule has 1 aromatic heterocycles. The molecule has 19 heavy (non-hydrogen) atoms. The van der Waals surface area contributed by atoms with Crippen LogP contribution in [0.2, 0.25) is 0 Å². The minimum atomic E-state index is -0.879. The minimum absolute atomic E-state index is 0.0584. The molecule has 0 unspecified atom stereocenters. The molecule has 2 aromatic rings. The summed E-state index contributed by atoms with van der Waals surface area (Å²) < 4.78 is 5.41. The molecule has 0 bridgehead atoms. The number of benzene rings is 1. The second-order valence-electron chi connectivity index (χ2n) is 3.80. The largest absolute Gasteiger partial charge is 0.494 e. The Morgan fingerprint density at radius 1 is 1.53 bits per heavy atom. The van der Waals surface area contributed by atoms with Crippen molar-refractivity contribution in [2.24, 2.45) is 0 Å². The van der Waals surface area contributed by atoms with E-state index in [-0.39, 0.29) is 6.42 Å². The Morgan fingerprint density at radius 2 is 2.37 bits per heavy atom. The summed E-state index contributed by atoms with van der Waals surface area (Å²) in [6.45, 7) is 2.54. The highest BCUT2D eigenvalue weighted by Gasteiger charge is 2.06. The van der Waals surface area contributed by atoms with Crippen molar-refractivity contribution in [2.45, 2.75) is 13.3 Å². The molecule has 0 amide bonds. The predicted molar refractivity (Wildman–Crippen MR) is 74.3 cm³/mol. The fourth-order valence-electron chi connectivity index (χ4n) is 1.55. The van der Waals surface area contributed by atoms with Gasteiger partial charge in [-0.2, -0.15) is 0 Å². The molecule has 0 saturated carbocycles. The summed E-state index contributed by atoms with van der Waals surface area (Å²) >= 11 is 1.38. The first kappa shape index (κ1) is 13.4. The Morgan fingerprint density at radius 3 is 3.11 bits per heavy atom. The van der Waals surface area contributed by atoms with Gasteiger partial charge in [0.25, 0.3) is 0 Å². The van der Waals surface area contributed by atoms with E-state index in [1.54, 1.807) is 5.38 Å². The SMILES string of the molecule is CCOc1cccc(Nc2nc(CC(=O)O)cs2)c1. The third-order valence-corrected chi connectivity index (χ3v) is 3.09. The molecule has 1 heterocycles. The summed E-state index contributed by atoms with van der Waals surface area (Å²) in [5.41, 5.74) is 1.42. The third-order valence-electron chi connectivity index (χ3n) is 2.28. The quantitative estimate of drug-likeness (QED) is 0.850. The molecule has 0 aliphatic heterocycles. The molecule has 0 spiro atoms. The first-order chi connectivity index (χ1) is 9.17. The van der Waals surface area contributed by atoms with Crippen molar-refractivity contribution in [3.05, 3.63) is 35.3 Å². The lowest BCUT2D eigenvalue weighted by atomic mass is 10.3. The second-order valence-corrected chi connectivity index (χ2v) is 4.66. The molecular formula is C13H14N2O3S. The van der Waals surface area contributed by atoms with Gasteiger partial charge in [-0.05, 0) is 19.1 Å². The zero-order valence-electron chi connectivity index (χ0n) is 10.4. The number of carbonyl (C=O) groups is 1. The van der Waals surface area contributed by atoms with Crippen LogP contribution in [0.4, 0.5) is 10.8 Å². The van der Waals surface area contributed by atoms with E-state index >= 15 is 0 Å². The number of hydrogen-bond acceptors (Lipinski definition) is 5. The van der Waals surface area contributed by atoms with Crippen LogP contribution in [0, 0.1) is 0 Å². The standard InChI is InChI=1S/C13H14N2O3S/c1-2-18-11-5-3-4-9(6-11)14-13-15-10(8-19-13)7-12(16)17/h3-6,8H,2,7H2,1H3,(H,14,15)(H,16,17). The van der Waals surface area contributed by atoms with Crippen molar-refractivity contribution >= 4 is 28.1 Å². The number of hydrogen-bond donors (Lipinski definition) is 2. The molecule has 0 atom stereocenters. The molecule has 2 N–H and O–H groups in total. The van der Waals surface area contributed by atoms with Crippen LogP contribution in [0.3, 0.4) is 0 Å². The topological polar surface area (TPSA) is 71.5 Å². The predicted octanol–water partition coefficient (Wildman–Crippen LogP) is 2.91. The van der Waals surface area contributed by atoms with E-state index < -0.39 is 5.97 Å². The summed E-state index contributed by atoms with van der Waals surface area (Å²) in [7, 11) is 0. The number of carboxylic acids is 1. The van der Waals surface area contributed by atoms with Crippen molar-refractivity contribution in [3.8, 4) is 5.75 Å². The van der Waals surface area contributed by atoms with E-state index in [0.29, 0.717) is 17.4 Å². The Kier molecular flexibility index (Phi) is 4.35. The molecule has 0 aliphatic rings. The van der Waals surface area contributed by atoms with E-state index in [4.69, 9.17) is 9.84 Å². The highest BCUT2D eigenvalue weighted by Crippen LogP contribution is 2.24. The highest BCUT2D eigenvalue weighted by atomic mass is 32.1. The van der Waals surface area contributed by atoms with E-state index in [0.717, 1.165) is 11.4 Å². The monoisotopic (exact) mass is 278 g/mol. The molecule has 0 aliphatic carbocycles. The second kappa shape index (κ2) is 6.19. The maximum atomic E-state index is 10.6. The van der Waals surface area contributed by atoms with Crippen molar-refractivity contribution in [2.75, 3.05) is 11.9 Å². The molecule has 100 valence electrons. The van der Waals surface area contributed by atoms with E-state index in [9.17, 15) is 4.79 Å². The number of rotatable bonds is 6. The van der Waals surface area contributed by atoms with E-state index in [1.807, 2.05) is 31.2 Å². The van der Waals surface area contributed by atoms with Gasteiger partial charge in [0.05, 0.1) is 18.7 Å². The number of ether oxygens (including phenoxy) is 1. The Balaban J connectivity index is 2.06. The van der Waals surface area contributed by atoms with Gasteiger partial charge in [0.15, 0.2) is 5.13 Å². The van der Waals surface area contributed by atoms with Crippen molar-refractivity contribution in [1.82, 2.24) is 4.98 Å². The Hall–Kier alpha value is -2.08. The fourth-order valence-corrected chi connectivity index (χ4v) is 2.28. The van der Waals surface area contributed by atoms with Gasteiger partial charge >= 0.3 is 5.97 Å². The molecular weight excluding hydrogens is 264 g/mol. The van der Waals surface area contributed by atoms with E-state index in [2.05, 4.69) is 10.3 Å². The average molecular weight is 278 g/mol. The molecule has 1 aromatic carbocycles. The van der Waals surface area contributed by atoms with Gasteiger partial charge in [-0.3, -0.25) is 4.79 Å². The Labute approximate surface area is 114 Å². The number of nitrogens with zero attached hydrogens (tertiary/aromatic N) is 1. The minimum Gasteiger partial charge on any atom is -0.494 e. The van der Waals surface area contributed by atoms with Gasteiger partial charge in [-0.1, -0.05) is 6.07 Å². The number of aliphatic carboxylic acids is 1. The van der Waals surface area contributed by atoms with Crippen molar-refractivity contribution in [1.29, 1.82) is 0 Å². The first-order valence-electron chi connectivity index (χ1n) is 5.83. The first-order valence-corrected chi connectivity index (χ1v) is 6.71. The van der Waals surface area contributed by atoms with Crippen molar-refractivity contribution < 1.29 is 14.6 Å². The van der Waals surface area contributed by atoms with Gasteiger partial charge in [-0.25, -0.2) is 4.98 Å². The van der Waals surface area contributed by atoms with Crippen LogP contribution in [-0.4, -0.2) is 22.7 Å². The number of anilines is 2. The van der Waals surface area contributed by atoms with Crippen LogP contribution in [0.15, 0.2) is 29.6 Å². The number of aromatic nitrogens is 1. The van der Waals surface area contributed by atoms with Gasteiger partial charge in [0, 0.05) is 17.1 Å². The Bertz CT molecular complexity index is 569. The summed E-state index contributed by atoms with van der Waals surface area (Å²) in [4.78, 5) is 14.8. The number of carboxylic acid groups (broad SMARTS) is 1. The van der Waals surface area contributed by atoms with Crippen LogP contribution in [0.25, 0.3) is 0 Å². The van der Waals surface area contributed by atoms with Gasteiger partial charge < -0.3 is 15.2 Å². The van der Waals surface area contributed by atoms with E-state index in [1.165, 1.54) is 11.3 Å². The lowest BCUT2D eigenvalue weighted by Gasteiger charge is -2.06. The molecule has 0 saturated heterocycles. The van der Waals surface area contributed by atoms with Crippen LogP contribution in [0.5, 0.6) is 5.75 Å². The normalized spacial score (nSPS) is 10.2. The fraction of sp³-hybridized carbons (Fsp3) is 0.231. The maximum Gasteiger partial charge on any atom is 0.309 e. The van der Waals surface area contributed by atoms with Gasteiger partial charge in [-0.15, -0.1) is 11.3 Å². The summed E-state index contributed by atoms with van der Waals surface area (Å²) in [5.74, 6) is -0.0926. The van der Waals surface area contributed by atoms with Crippen LogP contribution in [0.1, 0.15) is 12.6 Å². The number of nitrogens with one attached hydrogen (secondary N) is 1. The highest BCUT2D eigenvalue weighted by molar-refractivity contribution is 7.13. The van der Waals surface area contributed by atoms with Gasteiger partial charge in [0.2, 0.25) is 0 Å². The zero-order valence-corrected chi connectivity index (χ0v) is 11.2. The molecule has 5 nitrogen and oxygen atoms in total. The summed E-state index contributed by atoms with van der Waals surface area (Å²) in [5, 5.41) is 14.2. The zero-order chi connectivity index (χ0) is 13.7. The molecule has 6 heteroatoms. The third kappa shape index (κ3) is 3.96. The smallest absolute Gasteiger partial charge is 0.309 e. The summed E-state index contributed by atoms with van der Waals surface area (Å²) in [6, 6.07) is 7.55. The van der Waals surface area contributed by atoms with Crippen molar-refractivity contribution in [3.63, 3.8) is 0 Å².